The number of carbonyl (C=O) groups excluding carboxylic acids is 2. The van der Waals surface area contributed by atoms with Gasteiger partial charge < -0.3 is 9.84 Å². The van der Waals surface area contributed by atoms with Gasteiger partial charge in [-0.05, 0) is 97.7 Å². The lowest BCUT2D eigenvalue weighted by Gasteiger charge is -2.49. The molecule has 5 nitrogen and oxygen atoms in total. The third kappa shape index (κ3) is 10.1. The van der Waals surface area contributed by atoms with Gasteiger partial charge in [-0.1, -0.05) is 66.9 Å². The van der Waals surface area contributed by atoms with Crippen molar-refractivity contribution in [3.8, 4) is 0 Å². The number of hydrogen-bond donors (Lipinski definition) is 1. The summed E-state index contributed by atoms with van der Waals surface area (Å²) in [5.74, 6) is -2.13. The Morgan fingerprint density at radius 1 is 1.13 bits per heavy atom. The smallest absolute Gasteiger partial charge is 0.418 e. The van der Waals surface area contributed by atoms with Crippen LogP contribution >= 0.6 is 11.8 Å². The molecule has 3 aliphatic carbocycles. The van der Waals surface area contributed by atoms with Gasteiger partial charge in [0.05, 0.1) is 12.4 Å². The molecular formula is C36H56F5NO4S. The Hall–Kier alpha value is -1.88. The number of aliphatic hydroxyl groups is 1. The van der Waals surface area contributed by atoms with E-state index in [1.165, 1.54) is 49.4 Å². The molecule has 2 saturated carbocycles. The molecule has 5 atom stereocenters. The van der Waals surface area contributed by atoms with Crippen LogP contribution in [0.4, 0.5) is 26.7 Å². The van der Waals surface area contributed by atoms with Crippen molar-refractivity contribution < 1.29 is 41.4 Å². The van der Waals surface area contributed by atoms with Crippen molar-refractivity contribution in [3.05, 3.63) is 37.1 Å². The summed E-state index contributed by atoms with van der Waals surface area (Å²) in [4.78, 5) is 22.8. The van der Waals surface area contributed by atoms with E-state index in [-0.39, 0.29) is 34.0 Å². The summed E-state index contributed by atoms with van der Waals surface area (Å²) in [6.07, 6.45) is 7.46. The fourth-order valence-electron chi connectivity index (χ4n) is 7.27. The molecular weight excluding hydrogens is 637 g/mol. The van der Waals surface area contributed by atoms with Gasteiger partial charge in [0.1, 0.15) is 0 Å². The number of carbonyl (C=O) groups is 2. The standard InChI is InChI=1S/C16H24O.C13H23F5S.C7H9NO3/c1-3-11-5-4-6-13-12(11)9-10-16(2)14(13)7-8-15(16)17;1-6-10(2,3)11(4,5)19-9-7-8-12(14,15)13(16,17)18;1-2-11-7(10)8-5-3-4-6(8)9/h3,5,12-15,17H,1,4,6-10H2,2H3;6-9H2,1-5H3;2H,1,3-5H2. The number of thioether (sulfide) groups is 1. The van der Waals surface area contributed by atoms with Crippen LogP contribution in [0.1, 0.15) is 112 Å². The van der Waals surface area contributed by atoms with Crippen molar-refractivity contribution >= 4 is 23.8 Å². The molecule has 1 aliphatic heterocycles. The summed E-state index contributed by atoms with van der Waals surface area (Å²) in [5.41, 5.74) is 1.71. The average Bonchev–Trinajstić information content (AvgIpc) is 3.57. The topological polar surface area (TPSA) is 66.8 Å². The predicted octanol–water partition coefficient (Wildman–Crippen LogP) is 10.5. The second-order valence-corrected chi connectivity index (χ2v) is 16.3. The summed E-state index contributed by atoms with van der Waals surface area (Å²) in [7, 11) is 0. The lowest BCUT2D eigenvalue weighted by atomic mass is 9.56. The molecule has 0 bridgehead atoms. The van der Waals surface area contributed by atoms with Crippen molar-refractivity contribution in [2.75, 3.05) is 12.3 Å². The molecule has 0 aromatic rings. The number of amides is 2. The number of hydrogen-bond acceptors (Lipinski definition) is 5. The maximum atomic E-state index is 12.7. The van der Waals surface area contributed by atoms with E-state index in [1.807, 2.05) is 20.8 Å². The Bertz CT molecular complexity index is 1120. The molecule has 4 aliphatic rings. The van der Waals surface area contributed by atoms with Crippen LogP contribution in [-0.2, 0) is 9.53 Å². The molecule has 11 heteroatoms. The third-order valence-electron chi connectivity index (χ3n) is 11.4. The third-order valence-corrected chi connectivity index (χ3v) is 13.2. The minimum absolute atomic E-state index is 0.00418. The van der Waals surface area contributed by atoms with Gasteiger partial charge in [-0.2, -0.15) is 33.7 Å². The van der Waals surface area contributed by atoms with E-state index >= 15 is 0 Å². The zero-order valence-electron chi connectivity index (χ0n) is 29.1. The molecule has 0 spiro atoms. The summed E-state index contributed by atoms with van der Waals surface area (Å²) >= 11 is 1.46. The van der Waals surface area contributed by atoms with Crippen molar-refractivity contribution in [1.82, 2.24) is 4.90 Å². The van der Waals surface area contributed by atoms with Gasteiger partial charge in [0.25, 0.3) is 0 Å². The number of alkyl halides is 5. The molecule has 3 fully saturated rings. The Labute approximate surface area is 282 Å². The van der Waals surface area contributed by atoms with E-state index in [9.17, 15) is 36.6 Å². The number of aliphatic hydroxyl groups excluding tert-OH is 1. The first-order valence-corrected chi connectivity index (χ1v) is 17.9. The second-order valence-electron chi connectivity index (χ2n) is 14.6. The average molecular weight is 694 g/mol. The van der Waals surface area contributed by atoms with Crippen LogP contribution < -0.4 is 0 Å². The van der Waals surface area contributed by atoms with Crippen LogP contribution in [-0.4, -0.2) is 57.3 Å². The SMILES string of the molecule is C=CC1=CCCC2C1CCC1(C)C(O)CCC21.C=COC(=O)N1CCCC1=O.CCC(C)(C)C(C)(C)SCCCC(F)(F)C(F)(F)F. The van der Waals surface area contributed by atoms with Crippen LogP contribution in [0.15, 0.2) is 37.1 Å². The van der Waals surface area contributed by atoms with Crippen molar-refractivity contribution in [3.63, 3.8) is 0 Å². The number of fused-ring (bicyclic) bond motifs is 3. The van der Waals surface area contributed by atoms with Crippen molar-refractivity contribution in [2.24, 2.45) is 28.6 Å². The first-order valence-electron chi connectivity index (χ1n) is 16.9. The molecule has 2 amide bonds. The number of allylic oxidation sites excluding steroid dienone is 3. The zero-order chi connectivity index (χ0) is 35.8. The fourth-order valence-corrected chi connectivity index (χ4v) is 8.60. The molecule has 0 radical (unpaired) electrons. The molecule has 1 heterocycles. The fraction of sp³-hybridized carbons (Fsp3) is 0.778. The summed E-state index contributed by atoms with van der Waals surface area (Å²) in [6, 6.07) is 0. The van der Waals surface area contributed by atoms with E-state index in [1.54, 1.807) is 0 Å². The zero-order valence-corrected chi connectivity index (χ0v) is 29.9. The normalized spacial score (nSPS) is 27.7. The Morgan fingerprint density at radius 3 is 2.32 bits per heavy atom. The van der Waals surface area contributed by atoms with Gasteiger partial charge in [-0.3, -0.25) is 4.79 Å². The maximum absolute atomic E-state index is 12.7. The highest BCUT2D eigenvalue weighted by Gasteiger charge is 2.56. The summed E-state index contributed by atoms with van der Waals surface area (Å²) < 4.78 is 65.6. The van der Waals surface area contributed by atoms with Crippen LogP contribution in [0.3, 0.4) is 0 Å². The minimum atomic E-state index is -5.43. The number of nitrogens with zero attached hydrogens (tertiary/aromatic N) is 1. The molecule has 5 unspecified atom stereocenters. The lowest BCUT2D eigenvalue weighted by molar-refractivity contribution is -0.284. The molecule has 1 saturated heterocycles. The van der Waals surface area contributed by atoms with Crippen LogP contribution in [0, 0.1) is 28.6 Å². The van der Waals surface area contributed by atoms with Gasteiger partial charge in [0, 0.05) is 24.1 Å². The van der Waals surface area contributed by atoms with Crippen LogP contribution in [0.5, 0.6) is 0 Å². The van der Waals surface area contributed by atoms with Crippen molar-refractivity contribution in [1.29, 1.82) is 0 Å². The van der Waals surface area contributed by atoms with E-state index < -0.39 is 24.6 Å². The Morgan fingerprint density at radius 2 is 1.79 bits per heavy atom. The Kier molecular flexibility index (Phi) is 14.7. The van der Waals surface area contributed by atoms with Gasteiger partial charge in [-0.25, -0.2) is 9.69 Å². The van der Waals surface area contributed by atoms with Crippen molar-refractivity contribution in [2.45, 2.75) is 135 Å². The minimum Gasteiger partial charge on any atom is -0.418 e. The monoisotopic (exact) mass is 693 g/mol. The highest BCUT2D eigenvalue weighted by atomic mass is 32.2. The second kappa shape index (κ2) is 16.7. The molecule has 4 rings (SSSR count). The number of likely N-dealkylation sites (tertiary alicyclic amines) is 1. The van der Waals surface area contributed by atoms with Crippen LogP contribution in [0.25, 0.3) is 0 Å². The van der Waals surface area contributed by atoms with Gasteiger partial charge in [0.15, 0.2) is 0 Å². The molecule has 1 N–H and O–H groups in total. The van der Waals surface area contributed by atoms with Gasteiger partial charge in [0.2, 0.25) is 5.91 Å². The first-order chi connectivity index (χ1) is 21.7. The highest BCUT2D eigenvalue weighted by Crippen LogP contribution is 2.59. The van der Waals surface area contributed by atoms with Crippen LogP contribution in [0.2, 0.25) is 0 Å². The number of rotatable bonds is 9. The number of halogens is 5. The van der Waals surface area contributed by atoms with Gasteiger partial charge >= 0.3 is 18.2 Å². The number of imide groups is 1. The van der Waals surface area contributed by atoms with E-state index in [4.69, 9.17) is 0 Å². The molecule has 47 heavy (non-hydrogen) atoms. The largest absolute Gasteiger partial charge is 0.453 e. The molecule has 0 aromatic carbocycles. The molecule has 0 aromatic heterocycles. The number of ether oxygens (including phenoxy) is 1. The van der Waals surface area contributed by atoms with Gasteiger partial charge in [-0.15, -0.1) is 0 Å². The lowest BCUT2D eigenvalue weighted by Crippen LogP contribution is -2.44. The quantitative estimate of drug-likeness (QED) is 0.148. The summed E-state index contributed by atoms with van der Waals surface area (Å²) in [5, 5.41) is 10.3. The first kappa shape index (κ1) is 41.3. The summed E-state index contributed by atoms with van der Waals surface area (Å²) in [6.45, 7) is 20.2. The Balaban J connectivity index is 0.000000253. The van der Waals surface area contributed by atoms with E-state index in [0.717, 1.165) is 48.2 Å². The van der Waals surface area contributed by atoms with E-state index in [0.29, 0.717) is 18.7 Å². The molecule has 270 valence electrons. The predicted molar refractivity (Wildman–Crippen MR) is 179 cm³/mol. The maximum Gasteiger partial charge on any atom is 0.453 e. The highest BCUT2D eigenvalue weighted by molar-refractivity contribution is 8.00. The van der Waals surface area contributed by atoms with E-state index in [2.05, 4.69) is 50.8 Å².